The van der Waals surface area contributed by atoms with Crippen LogP contribution in [0.15, 0.2) is 18.2 Å². The Hall–Kier alpha value is 0.489. The minimum atomic E-state index is -2.98. The van der Waals surface area contributed by atoms with Crippen LogP contribution in [0.3, 0.4) is 0 Å². The Labute approximate surface area is 200 Å². The van der Waals surface area contributed by atoms with E-state index in [9.17, 15) is 13.2 Å². The van der Waals surface area contributed by atoms with Crippen LogP contribution in [0.1, 0.15) is 70.3 Å². The fourth-order valence-electron chi connectivity index (χ4n) is 4.46. The molecule has 5 heteroatoms. The third kappa shape index (κ3) is 7.35. The number of halogens is 3. The van der Waals surface area contributed by atoms with Crippen molar-refractivity contribution in [1.82, 2.24) is 0 Å². The molecule has 1 nitrogen and oxygen atoms in total. The van der Waals surface area contributed by atoms with Crippen LogP contribution >= 0.6 is 0 Å². The first-order valence-electron chi connectivity index (χ1n) is 10.1. The molecule has 2 aliphatic rings. The largest absolute Gasteiger partial charge is 0.358 e. The second kappa shape index (κ2) is 11.0. The van der Waals surface area contributed by atoms with Gasteiger partial charge in [0, 0.05) is 52.7 Å². The molecule has 0 unspecified atom stereocenters. The van der Waals surface area contributed by atoms with Crippen molar-refractivity contribution >= 4 is 0 Å². The Kier molecular flexibility index (Phi) is 9.71. The normalized spacial score (nSPS) is 29.2. The van der Waals surface area contributed by atoms with E-state index in [1.54, 1.807) is 6.07 Å². The smallest absolute Gasteiger partial charge is 0.317 e. The molecule has 0 aliphatic heterocycles. The standard InChI is InChI=1S/C22H30F3O.Yb/c1-16-5-11-19(12-6-16)22(24,25)26-21-13-9-17(10-14-21)7-8-18-3-2-4-20(23)15-18;/h2-3,15-17,19,21H,5-14H2,1H3;/q-1;. The molecule has 0 atom stereocenters. The summed E-state index contributed by atoms with van der Waals surface area (Å²) < 4.78 is 47.4. The molecule has 160 valence electrons. The summed E-state index contributed by atoms with van der Waals surface area (Å²) in [6, 6.07) is 7.55. The maximum Gasteiger partial charge on any atom is 0.358 e. The molecule has 0 spiro atoms. The zero-order chi connectivity index (χ0) is 18.6. The second-order valence-electron chi connectivity index (χ2n) is 8.36. The van der Waals surface area contributed by atoms with E-state index in [0.29, 0.717) is 37.5 Å². The number of benzene rings is 1. The Morgan fingerprint density at radius 3 is 2.37 bits per heavy atom. The minimum absolute atomic E-state index is 0. The minimum Gasteiger partial charge on any atom is -0.317 e. The maximum atomic E-state index is 14.5. The molecular weight excluding hydrogens is 510 g/mol. The molecule has 0 radical (unpaired) electrons. The van der Waals surface area contributed by atoms with E-state index in [1.807, 2.05) is 6.07 Å². The van der Waals surface area contributed by atoms with Gasteiger partial charge < -0.3 is 4.74 Å². The van der Waals surface area contributed by atoms with Crippen molar-refractivity contribution in [3.05, 3.63) is 35.6 Å². The van der Waals surface area contributed by atoms with Gasteiger partial charge in [0.05, 0.1) is 12.0 Å². The van der Waals surface area contributed by atoms with Gasteiger partial charge in [0.25, 0.3) is 0 Å². The molecule has 1 aromatic rings. The summed E-state index contributed by atoms with van der Waals surface area (Å²) in [4.78, 5) is 0. The van der Waals surface area contributed by atoms with Crippen LogP contribution in [0.5, 0.6) is 0 Å². The van der Waals surface area contributed by atoms with Crippen LogP contribution in [-0.2, 0) is 11.2 Å². The van der Waals surface area contributed by atoms with E-state index in [2.05, 4.69) is 13.0 Å². The van der Waals surface area contributed by atoms with Crippen molar-refractivity contribution in [2.45, 2.75) is 83.3 Å². The first-order valence-corrected chi connectivity index (χ1v) is 10.1. The molecule has 3 rings (SSSR count). The monoisotopic (exact) mass is 541 g/mol. The van der Waals surface area contributed by atoms with E-state index >= 15 is 0 Å². The van der Waals surface area contributed by atoms with Gasteiger partial charge in [0.2, 0.25) is 0 Å². The Morgan fingerprint density at radius 1 is 1.07 bits per heavy atom. The predicted molar refractivity (Wildman–Crippen MR) is 96.5 cm³/mol. The van der Waals surface area contributed by atoms with E-state index < -0.39 is 12.0 Å². The van der Waals surface area contributed by atoms with Crippen molar-refractivity contribution in [3.63, 3.8) is 0 Å². The van der Waals surface area contributed by atoms with Gasteiger partial charge >= 0.3 is 6.11 Å². The van der Waals surface area contributed by atoms with Crippen LogP contribution < -0.4 is 0 Å². The van der Waals surface area contributed by atoms with E-state index in [0.717, 1.165) is 44.1 Å². The van der Waals surface area contributed by atoms with Gasteiger partial charge in [0.15, 0.2) is 0 Å². The van der Waals surface area contributed by atoms with Crippen LogP contribution in [-0.4, -0.2) is 12.2 Å². The molecule has 27 heavy (non-hydrogen) atoms. The average molecular weight is 541 g/mol. The summed E-state index contributed by atoms with van der Waals surface area (Å²) in [6.07, 6.45) is 4.70. The summed E-state index contributed by atoms with van der Waals surface area (Å²) in [5.41, 5.74) is 0.984. The van der Waals surface area contributed by atoms with Crippen LogP contribution in [0, 0.1) is 76.6 Å². The average Bonchev–Trinajstić information content (AvgIpc) is 2.61. The maximum absolute atomic E-state index is 14.5. The van der Waals surface area contributed by atoms with Crippen molar-refractivity contribution < 1.29 is 64.8 Å². The fraction of sp³-hybridized carbons (Fsp3) is 0.727. The summed E-state index contributed by atoms with van der Waals surface area (Å²) in [6.45, 7) is 2.14. The molecular formula is C22H30F3OYb-. The Morgan fingerprint density at radius 2 is 1.74 bits per heavy atom. The summed E-state index contributed by atoms with van der Waals surface area (Å²) in [7, 11) is 0. The van der Waals surface area contributed by atoms with Crippen molar-refractivity contribution in [1.29, 1.82) is 0 Å². The molecule has 0 amide bonds. The number of rotatable bonds is 6. The van der Waals surface area contributed by atoms with E-state index in [4.69, 9.17) is 4.74 Å². The Balaban J connectivity index is 0.00000261. The van der Waals surface area contributed by atoms with Crippen molar-refractivity contribution in [3.8, 4) is 0 Å². The number of hydrogen-bond donors (Lipinski definition) is 0. The van der Waals surface area contributed by atoms with Gasteiger partial charge in [-0.2, -0.15) is 26.5 Å². The molecule has 2 aliphatic carbocycles. The molecule has 2 saturated carbocycles. The van der Waals surface area contributed by atoms with Crippen LogP contribution in [0.25, 0.3) is 0 Å². The van der Waals surface area contributed by atoms with Crippen LogP contribution in [0.2, 0.25) is 0 Å². The summed E-state index contributed by atoms with van der Waals surface area (Å²) >= 11 is 0. The summed E-state index contributed by atoms with van der Waals surface area (Å²) in [5, 5.41) is 0. The van der Waals surface area contributed by atoms with Gasteiger partial charge in [-0.3, -0.25) is 0 Å². The topological polar surface area (TPSA) is 9.23 Å². The molecule has 2 fully saturated rings. The van der Waals surface area contributed by atoms with Crippen molar-refractivity contribution in [2.75, 3.05) is 0 Å². The fourth-order valence-corrected chi connectivity index (χ4v) is 4.46. The molecule has 0 bridgehead atoms. The molecule has 0 saturated heterocycles. The number of hydrogen-bond acceptors (Lipinski definition) is 1. The zero-order valence-corrected chi connectivity index (χ0v) is 17.6. The number of ether oxygens (including phenoxy) is 1. The van der Waals surface area contributed by atoms with Crippen LogP contribution in [0.4, 0.5) is 13.2 Å². The van der Waals surface area contributed by atoms with E-state index in [-0.39, 0.29) is 58.8 Å². The zero-order valence-electron chi connectivity index (χ0n) is 15.9. The molecule has 0 aromatic heterocycles. The van der Waals surface area contributed by atoms with Gasteiger partial charge in [-0.25, -0.2) is 4.39 Å². The first kappa shape index (κ1) is 23.8. The van der Waals surface area contributed by atoms with Gasteiger partial charge in [-0.15, -0.1) is 12.1 Å². The van der Waals surface area contributed by atoms with Gasteiger partial charge in [-0.1, -0.05) is 26.2 Å². The third-order valence-electron chi connectivity index (χ3n) is 6.28. The molecule has 0 heterocycles. The first-order chi connectivity index (χ1) is 12.4. The van der Waals surface area contributed by atoms with Gasteiger partial charge in [0.1, 0.15) is 0 Å². The summed E-state index contributed by atoms with van der Waals surface area (Å²) in [5.74, 6) is 0.153. The SMILES string of the molecule is CC1CCC(C(F)(F)OC2CCC(CCc3cc[c-]c(F)c3)CC2)CC1.[Yb]. The molecule has 0 N–H and O–H groups in total. The van der Waals surface area contributed by atoms with E-state index in [1.165, 1.54) is 6.07 Å². The predicted octanol–water partition coefficient (Wildman–Crippen LogP) is 6.55. The second-order valence-corrected chi connectivity index (χ2v) is 8.36. The molecule has 1 aromatic carbocycles. The van der Waals surface area contributed by atoms with Crippen molar-refractivity contribution in [2.24, 2.45) is 17.8 Å². The Bertz CT molecular complexity index is 564. The quantitative estimate of drug-likeness (QED) is 0.372. The number of aryl methyl sites for hydroxylation is 1. The van der Waals surface area contributed by atoms with Gasteiger partial charge in [-0.05, 0) is 56.8 Å². The third-order valence-corrected chi connectivity index (χ3v) is 6.28. The number of alkyl halides is 2.